The molecule has 0 atom stereocenters. The van der Waals surface area contributed by atoms with Crippen LogP contribution in [0.5, 0.6) is 0 Å². The Kier molecular flexibility index (Phi) is 3.95. The number of nitrogen functional groups attached to an aromatic ring is 1. The molecule has 0 bridgehead atoms. The van der Waals surface area contributed by atoms with Crippen LogP contribution in [-0.4, -0.2) is 7.05 Å². The average Bonchev–Trinajstić information content (AvgIpc) is 2.30. The second-order valence-corrected chi connectivity index (χ2v) is 3.45. The molecule has 0 spiro atoms. The van der Waals surface area contributed by atoms with E-state index < -0.39 is 0 Å². The molecule has 3 N–H and O–H groups in total. The first-order chi connectivity index (χ1) is 7.29. The van der Waals surface area contributed by atoms with E-state index in [0.29, 0.717) is 0 Å². The molecule has 0 radical (unpaired) electrons. The lowest BCUT2D eigenvalue weighted by Crippen LogP contribution is -1.87. The molecule has 0 fully saturated rings. The SMILES string of the molecule is C.CNc1ccc(-c2ccc(N)cc2)cc1. The molecule has 0 aromatic heterocycles. The van der Waals surface area contributed by atoms with Crippen LogP contribution in [0.4, 0.5) is 11.4 Å². The molecular weight excluding hydrogens is 196 g/mol. The van der Waals surface area contributed by atoms with E-state index in [4.69, 9.17) is 5.73 Å². The van der Waals surface area contributed by atoms with Gasteiger partial charge in [0.2, 0.25) is 0 Å². The van der Waals surface area contributed by atoms with Gasteiger partial charge in [0.15, 0.2) is 0 Å². The molecule has 0 unspecified atom stereocenters. The van der Waals surface area contributed by atoms with Gasteiger partial charge >= 0.3 is 0 Å². The lowest BCUT2D eigenvalue weighted by molar-refractivity contribution is 1.51. The molecule has 2 rings (SSSR count). The molecule has 2 nitrogen and oxygen atoms in total. The summed E-state index contributed by atoms with van der Waals surface area (Å²) in [5.74, 6) is 0. The highest BCUT2D eigenvalue weighted by atomic mass is 14.8. The lowest BCUT2D eigenvalue weighted by Gasteiger charge is -2.04. The molecular formula is C14H18N2. The molecule has 0 amide bonds. The maximum Gasteiger partial charge on any atom is 0.0337 e. The minimum Gasteiger partial charge on any atom is -0.399 e. The maximum absolute atomic E-state index is 5.64. The largest absolute Gasteiger partial charge is 0.399 e. The third kappa shape index (κ3) is 2.54. The van der Waals surface area contributed by atoms with Crippen molar-refractivity contribution in [1.82, 2.24) is 0 Å². The Morgan fingerprint density at radius 1 is 0.812 bits per heavy atom. The zero-order valence-corrected chi connectivity index (χ0v) is 8.70. The van der Waals surface area contributed by atoms with Gasteiger partial charge in [0.1, 0.15) is 0 Å². The smallest absolute Gasteiger partial charge is 0.0337 e. The summed E-state index contributed by atoms with van der Waals surface area (Å²) in [4.78, 5) is 0. The van der Waals surface area contributed by atoms with E-state index in [9.17, 15) is 0 Å². The number of nitrogens with two attached hydrogens (primary N) is 1. The molecule has 2 aromatic carbocycles. The Morgan fingerprint density at radius 2 is 1.25 bits per heavy atom. The normalized spacial score (nSPS) is 9.31. The van der Waals surface area contributed by atoms with Gasteiger partial charge in [-0.1, -0.05) is 31.7 Å². The van der Waals surface area contributed by atoms with Crippen molar-refractivity contribution in [3.8, 4) is 11.1 Å². The zero-order valence-electron chi connectivity index (χ0n) is 8.70. The van der Waals surface area contributed by atoms with Crippen LogP contribution in [-0.2, 0) is 0 Å². The van der Waals surface area contributed by atoms with Gasteiger partial charge < -0.3 is 11.1 Å². The number of nitrogens with one attached hydrogen (secondary N) is 1. The third-order valence-corrected chi connectivity index (χ3v) is 2.42. The molecule has 0 aliphatic carbocycles. The monoisotopic (exact) mass is 214 g/mol. The van der Waals surface area contributed by atoms with Crippen LogP contribution in [0.1, 0.15) is 7.43 Å². The van der Waals surface area contributed by atoms with E-state index in [0.717, 1.165) is 11.4 Å². The summed E-state index contributed by atoms with van der Waals surface area (Å²) in [6, 6.07) is 16.2. The second-order valence-electron chi connectivity index (χ2n) is 3.45. The van der Waals surface area contributed by atoms with Crippen molar-refractivity contribution in [2.24, 2.45) is 0 Å². The van der Waals surface area contributed by atoms with Gasteiger partial charge in [-0.15, -0.1) is 0 Å². The van der Waals surface area contributed by atoms with Crippen molar-refractivity contribution in [2.45, 2.75) is 7.43 Å². The van der Waals surface area contributed by atoms with Gasteiger partial charge in [-0.3, -0.25) is 0 Å². The first kappa shape index (κ1) is 12.1. The van der Waals surface area contributed by atoms with Crippen LogP contribution in [0.25, 0.3) is 11.1 Å². The van der Waals surface area contributed by atoms with Crippen LogP contribution < -0.4 is 11.1 Å². The molecule has 0 aliphatic rings. The summed E-state index contributed by atoms with van der Waals surface area (Å²) >= 11 is 0. The van der Waals surface area contributed by atoms with E-state index in [-0.39, 0.29) is 7.43 Å². The predicted octanol–water partition coefficient (Wildman–Crippen LogP) is 3.61. The summed E-state index contributed by atoms with van der Waals surface area (Å²) in [6.45, 7) is 0. The summed E-state index contributed by atoms with van der Waals surface area (Å²) in [5, 5.41) is 3.09. The van der Waals surface area contributed by atoms with E-state index in [1.54, 1.807) is 0 Å². The third-order valence-electron chi connectivity index (χ3n) is 2.42. The summed E-state index contributed by atoms with van der Waals surface area (Å²) in [5.41, 5.74) is 9.95. The summed E-state index contributed by atoms with van der Waals surface area (Å²) < 4.78 is 0. The van der Waals surface area contributed by atoms with Gasteiger partial charge in [-0.05, 0) is 35.4 Å². The van der Waals surface area contributed by atoms with E-state index in [1.165, 1.54) is 11.1 Å². The molecule has 16 heavy (non-hydrogen) atoms. The molecule has 0 saturated carbocycles. The number of anilines is 2. The fourth-order valence-electron chi connectivity index (χ4n) is 1.50. The Hall–Kier alpha value is -1.96. The number of hydrogen-bond acceptors (Lipinski definition) is 2. The maximum atomic E-state index is 5.64. The standard InChI is InChI=1S/C13H14N2.CH4/c1-15-13-8-4-11(5-9-13)10-2-6-12(14)7-3-10;/h2-9,15H,14H2,1H3;1H4. The highest BCUT2D eigenvalue weighted by molar-refractivity contribution is 5.67. The lowest BCUT2D eigenvalue weighted by atomic mass is 10.1. The van der Waals surface area contributed by atoms with E-state index >= 15 is 0 Å². The minimum absolute atomic E-state index is 0. The van der Waals surface area contributed by atoms with Crippen molar-refractivity contribution < 1.29 is 0 Å². The van der Waals surface area contributed by atoms with Crippen LogP contribution in [0.2, 0.25) is 0 Å². The number of rotatable bonds is 2. The summed E-state index contributed by atoms with van der Waals surface area (Å²) in [6.07, 6.45) is 0. The van der Waals surface area contributed by atoms with Crippen molar-refractivity contribution in [3.63, 3.8) is 0 Å². The first-order valence-corrected chi connectivity index (χ1v) is 4.93. The predicted molar refractivity (Wildman–Crippen MR) is 72.6 cm³/mol. The van der Waals surface area contributed by atoms with E-state index in [1.807, 2.05) is 31.3 Å². The minimum atomic E-state index is 0. The zero-order chi connectivity index (χ0) is 10.7. The van der Waals surface area contributed by atoms with Crippen LogP contribution in [0.15, 0.2) is 48.5 Å². The summed E-state index contributed by atoms with van der Waals surface area (Å²) in [7, 11) is 1.91. The molecule has 84 valence electrons. The highest BCUT2D eigenvalue weighted by Gasteiger charge is 1.96. The van der Waals surface area contributed by atoms with Crippen LogP contribution in [0, 0.1) is 0 Å². The fourth-order valence-corrected chi connectivity index (χ4v) is 1.50. The molecule has 0 saturated heterocycles. The quantitative estimate of drug-likeness (QED) is 0.749. The van der Waals surface area contributed by atoms with Gasteiger partial charge in [0, 0.05) is 18.4 Å². The first-order valence-electron chi connectivity index (χ1n) is 4.93. The molecule has 2 aromatic rings. The van der Waals surface area contributed by atoms with Gasteiger partial charge in [0.25, 0.3) is 0 Å². The van der Waals surface area contributed by atoms with Gasteiger partial charge in [-0.25, -0.2) is 0 Å². The highest BCUT2D eigenvalue weighted by Crippen LogP contribution is 2.22. The van der Waals surface area contributed by atoms with Gasteiger partial charge in [0.05, 0.1) is 0 Å². The number of benzene rings is 2. The average molecular weight is 214 g/mol. The van der Waals surface area contributed by atoms with Crippen molar-refractivity contribution in [3.05, 3.63) is 48.5 Å². The Bertz CT molecular complexity index is 429. The Morgan fingerprint density at radius 3 is 1.69 bits per heavy atom. The molecule has 2 heteroatoms. The Labute approximate surface area is 97.1 Å². The van der Waals surface area contributed by atoms with Crippen molar-refractivity contribution in [1.29, 1.82) is 0 Å². The molecule has 0 heterocycles. The topological polar surface area (TPSA) is 38.0 Å². The van der Waals surface area contributed by atoms with Crippen molar-refractivity contribution in [2.75, 3.05) is 18.1 Å². The van der Waals surface area contributed by atoms with Crippen molar-refractivity contribution >= 4 is 11.4 Å². The molecule has 0 aliphatic heterocycles. The number of hydrogen-bond donors (Lipinski definition) is 2. The Balaban J connectivity index is 0.00000128. The fraction of sp³-hybridized carbons (Fsp3) is 0.143. The van der Waals surface area contributed by atoms with Crippen LogP contribution in [0.3, 0.4) is 0 Å². The van der Waals surface area contributed by atoms with Gasteiger partial charge in [-0.2, -0.15) is 0 Å². The second kappa shape index (κ2) is 5.21. The van der Waals surface area contributed by atoms with E-state index in [2.05, 4.69) is 29.6 Å². The van der Waals surface area contributed by atoms with Crippen LogP contribution >= 0.6 is 0 Å².